The first-order chi connectivity index (χ1) is 6.33. The molecule has 0 saturated carbocycles. The lowest BCUT2D eigenvalue weighted by Crippen LogP contribution is -2.49. The number of nitrogens with two attached hydrogens (primary N) is 1. The topological polar surface area (TPSA) is 102 Å². The summed E-state index contributed by atoms with van der Waals surface area (Å²) in [6.07, 6.45) is -1.94. The highest BCUT2D eigenvalue weighted by molar-refractivity contribution is 5.74. The first-order valence-corrected chi connectivity index (χ1v) is 4.32. The van der Waals surface area contributed by atoms with Gasteiger partial charge in [-0.15, -0.1) is 0 Å². The second kappa shape index (κ2) is 3.82. The molecule has 14 heavy (non-hydrogen) atoms. The third-order valence-corrected chi connectivity index (χ3v) is 2.06. The van der Waals surface area contributed by atoms with Gasteiger partial charge in [0.1, 0.15) is 18.2 Å². The minimum atomic E-state index is -1.35. The Morgan fingerprint density at radius 1 is 1.64 bits per heavy atom. The van der Waals surface area contributed by atoms with Crippen LogP contribution in [0.25, 0.3) is 0 Å². The number of aliphatic hydroxyl groups is 1. The highest BCUT2D eigenvalue weighted by Gasteiger charge is 2.40. The maximum atomic E-state index is 10.5. The van der Waals surface area contributed by atoms with E-state index in [1.54, 1.807) is 13.8 Å². The zero-order valence-corrected chi connectivity index (χ0v) is 8.14. The van der Waals surface area contributed by atoms with Gasteiger partial charge < -0.3 is 25.4 Å². The number of ether oxygens (including phenoxy) is 2. The van der Waals surface area contributed by atoms with Crippen molar-refractivity contribution in [3.8, 4) is 0 Å². The summed E-state index contributed by atoms with van der Waals surface area (Å²) in [5.41, 5.74) is 5.24. The summed E-state index contributed by atoms with van der Waals surface area (Å²) in [4.78, 5) is 10.5. The molecule has 1 aliphatic heterocycles. The number of hydrogen-bond acceptors (Lipinski definition) is 5. The van der Waals surface area contributed by atoms with Crippen LogP contribution in [0.5, 0.6) is 0 Å². The van der Waals surface area contributed by atoms with Gasteiger partial charge in [-0.25, -0.2) is 0 Å². The molecular formula is C8H15NO5. The summed E-state index contributed by atoms with van der Waals surface area (Å²) >= 11 is 0. The summed E-state index contributed by atoms with van der Waals surface area (Å²) < 4.78 is 10.4. The molecule has 0 aromatic heterocycles. The largest absolute Gasteiger partial charge is 0.480 e. The van der Waals surface area contributed by atoms with Crippen molar-refractivity contribution in [2.24, 2.45) is 5.73 Å². The summed E-state index contributed by atoms with van der Waals surface area (Å²) in [6, 6.07) is -1.35. The van der Waals surface area contributed by atoms with Crippen molar-refractivity contribution < 1.29 is 24.5 Å². The number of carbonyl (C=O) groups is 1. The van der Waals surface area contributed by atoms with Crippen LogP contribution in [0.4, 0.5) is 0 Å². The van der Waals surface area contributed by atoms with Crippen molar-refractivity contribution in [3.05, 3.63) is 0 Å². The lowest BCUT2D eigenvalue weighted by molar-refractivity contribution is -0.159. The molecule has 0 radical (unpaired) electrons. The first-order valence-electron chi connectivity index (χ1n) is 4.32. The molecule has 3 atom stereocenters. The van der Waals surface area contributed by atoms with Gasteiger partial charge in [0, 0.05) is 0 Å². The van der Waals surface area contributed by atoms with Crippen molar-refractivity contribution in [1.29, 1.82) is 0 Å². The monoisotopic (exact) mass is 205 g/mol. The first kappa shape index (κ1) is 11.4. The second-order valence-corrected chi connectivity index (χ2v) is 3.72. The van der Waals surface area contributed by atoms with E-state index >= 15 is 0 Å². The molecule has 0 bridgehead atoms. The number of carboxylic acids is 1. The van der Waals surface area contributed by atoms with Gasteiger partial charge in [-0.3, -0.25) is 4.79 Å². The zero-order valence-electron chi connectivity index (χ0n) is 8.14. The molecule has 0 aromatic carbocycles. The fourth-order valence-electron chi connectivity index (χ4n) is 1.26. The maximum Gasteiger partial charge on any atom is 0.323 e. The van der Waals surface area contributed by atoms with Crippen LogP contribution in [-0.2, 0) is 14.3 Å². The Morgan fingerprint density at radius 2 is 2.21 bits per heavy atom. The molecule has 6 heteroatoms. The fourth-order valence-corrected chi connectivity index (χ4v) is 1.26. The number of aliphatic hydroxyl groups excluding tert-OH is 1. The lowest BCUT2D eigenvalue weighted by Gasteiger charge is -2.22. The van der Waals surface area contributed by atoms with Crippen molar-refractivity contribution in [2.45, 2.75) is 37.9 Å². The van der Waals surface area contributed by atoms with E-state index in [1.165, 1.54) is 0 Å². The maximum absolute atomic E-state index is 10.5. The lowest BCUT2D eigenvalue weighted by atomic mass is 10.1. The average Bonchev–Trinajstić information content (AvgIpc) is 2.43. The van der Waals surface area contributed by atoms with E-state index in [2.05, 4.69) is 0 Å². The highest BCUT2D eigenvalue weighted by Crippen LogP contribution is 2.24. The third-order valence-electron chi connectivity index (χ3n) is 2.06. The molecule has 1 saturated heterocycles. The van der Waals surface area contributed by atoms with Crippen LogP contribution in [0.2, 0.25) is 0 Å². The van der Waals surface area contributed by atoms with Gasteiger partial charge in [0.25, 0.3) is 0 Å². The Hall–Kier alpha value is -0.690. The fraction of sp³-hybridized carbons (Fsp3) is 0.875. The van der Waals surface area contributed by atoms with Crippen LogP contribution >= 0.6 is 0 Å². The van der Waals surface area contributed by atoms with Crippen LogP contribution < -0.4 is 5.73 Å². The smallest absolute Gasteiger partial charge is 0.323 e. The van der Waals surface area contributed by atoms with Gasteiger partial charge in [0.2, 0.25) is 0 Å². The van der Waals surface area contributed by atoms with Gasteiger partial charge in [0.15, 0.2) is 5.79 Å². The summed E-state index contributed by atoms with van der Waals surface area (Å²) in [7, 11) is 0. The molecule has 1 unspecified atom stereocenters. The summed E-state index contributed by atoms with van der Waals surface area (Å²) in [6.45, 7) is 3.52. The van der Waals surface area contributed by atoms with E-state index < -0.39 is 30.0 Å². The Labute approximate surface area is 81.6 Å². The third kappa shape index (κ3) is 2.42. The SMILES string of the molecule is CC1(C)OC[C@H](C(O)[C@H](N)C(=O)O)O1. The second-order valence-electron chi connectivity index (χ2n) is 3.72. The Balaban J connectivity index is 2.55. The van der Waals surface area contributed by atoms with E-state index in [0.717, 1.165) is 0 Å². The van der Waals surface area contributed by atoms with Crippen molar-refractivity contribution in [1.82, 2.24) is 0 Å². The van der Waals surface area contributed by atoms with Crippen LogP contribution in [0.3, 0.4) is 0 Å². The minimum Gasteiger partial charge on any atom is -0.480 e. The van der Waals surface area contributed by atoms with Gasteiger partial charge in [-0.05, 0) is 13.8 Å². The van der Waals surface area contributed by atoms with Gasteiger partial charge in [-0.2, -0.15) is 0 Å². The Morgan fingerprint density at radius 3 is 2.57 bits per heavy atom. The average molecular weight is 205 g/mol. The minimum absolute atomic E-state index is 0.148. The van der Waals surface area contributed by atoms with E-state index in [1.807, 2.05) is 0 Å². The van der Waals surface area contributed by atoms with Gasteiger partial charge in [0.05, 0.1) is 6.61 Å². The van der Waals surface area contributed by atoms with Crippen LogP contribution in [0.15, 0.2) is 0 Å². The number of aliphatic carboxylic acids is 1. The molecule has 1 aliphatic rings. The van der Waals surface area contributed by atoms with E-state index in [4.69, 9.17) is 20.3 Å². The van der Waals surface area contributed by atoms with Crippen LogP contribution in [0, 0.1) is 0 Å². The van der Waals surface area contributed by atoms with Crippen LogP contribution in [-0.4, -0.2) is 46.8 Å². The van der Waals surface area contributed by atoms with Crippen molar-refractivity contribution in [2.75, 3.05) is 6.61 Å². The normalized spacial score (nSPS) is 29.9. The highest BCUT2D eigenvalue weighted by atomic mass is 16.7. The molecule has 0 amide bonds. The van der Waals surface area contributed by atoms with E-state index in [0.29, 0.717) is 0 Å². The van der Waals surface area contributed by atoms with Gasteiger partial charge in [-0.1, -0.05) is 0 Å². The molecule has 0 aliphatic carbocycles. The van der Waals surface area contributed by atoms with Crippen molar-refractivity contribution in [3.63, 3.8) is 0 Å². The number of rotatable bonds is 3. The molecule has 0 spiro atoms. The quantitative estimate of drug-likeness (QED) is 0.541. The number of hydrogen-bond donors (Lipinski definition) is 3. The van der Waals surface area contributed by atoms with Crippen molar-refractivity contribution >= 4 is 5.97 Å². The molecule has 1 rings (SSSR count). The zero-order chi connectivity index (χ0) is 10.9. The summed E-state index contributed by atoms with van der Waals surface area (Å²) in [5.74, 6) is -2.05. The Bertz CT molecular complexity index is 230. The predicted octanol–water partition coefficient (Wildman–Crippen LogP) is -1.09. The molecule has 0 aromatic rings. The molecule has 6 nitrogen and oxygen atoms in total. The standard InChI is InChI=1S/C8H15NO5/c1-8(2)13-3-4(14-8)6(10)5(9)7(11)12/h4-6,10H,3,9H2,1-2H3,(H,11,12)/t4-,5+,6?/m1/s1. The van der Waals surface area contributed by atoms with Crippen LogP contribution in [0.1, 0.15) is 13.8 Å². The van der Waals surface area contributed by atoms with E-state index in [-0.39, 0.29) is 6.61 Å². The molecule has 4 N–H and O–H groups in total. The summed E-state index contributed by atoms with van der Waals surface area (Å²) in [5, 5.41) is 18.1. The Kier molecular flexibility index (Phi) is 3.10. The number of carboxylic acid groups (broad SMARTS) is 1. The van der Waals surface area contributed by atoms with Gasteiger partial charge >= 0.3 is 5.97 Å². The molecule has 1 heterocycles. The molecule has 1 fully saturated rings. The van der Waals surface area contributed by atoms with E-state index in [9.17, 15) is 9.90 Å². The molecular weight excluding hydrogens is 190 g/mol. The molecule has 82 valence electrons. The predicted molar refractivity (Wildman–Crippen MR) is 46.5 cm³/mol.